The number of nitrogens with one attached hydrogen (secondary N) is 1. The van der Waals surface area contributed by atoms with Gasteiger partial charge < -0.3 is 14.2 Å². The summed E-state index contributed by atoms with van der Waals surface area (Å²) >= 11 is 0. The van der Waals surface area contributed by atoms with Crippen molar-refractivity contribution in [2.75, 3.05) is 6.79 Å². The van der Waals surface area contributed by atoms with E-state index in [4.69, 9.17) is 23.8 Å². The van der Waals surface area contributed by atoms with Crippen molar-refractivity contribution in [2.24, 2.45) is 0 Å². The van der Waals surface area contributed by atoms with Crippen LogP contribution < -0.4 is 14.2 Å². The number of aromatic nitrogens is 3. The zero-order chi connectivity index (χ0) is 16.8. The summed E-state index contributed by atoms with van der Waals surface area (Å²) in [5, 5.41) is 10.1. The average Bonchev–Trinajstić information content (AvgIpc) is 3.26. The van der Waals surface area contributed by atoms with Crippen molar-refractivity contribution in [3.63, 3.8) is 0 Å². The number of benzene rings is 2. The van der Waals surface area contributed by atoms with E-state index >= 15 is 0 Å². The van der Waals surface area contributed by atoms with Crippen LogP contribution >= 0.6 is 0 Å². The zero-order valence-electron chi connectivity index (χ0n) is 12.3. The molecular weight excluding hydrogens is 314 g/mol. The van der Waals surface area contributed by atoms with Crippen molar-refractivity contribution in [1.29, 1.82) is 0 Å². The highest BCUT2D eigenvalue weighted by atomic mass is 16.7. The van der Waals surface area contributed by atoms with Crippen LogP contribution in [0.1, 0.15) is 0 Å². The summed E-state index contributed by atoms with van der Waals surface area (Å²) in [6.07, 6.45) is 1.77. The fourth-order valence-electron chi connectivity index (χ4n) is 2.18. The highest BCUT2D eigenvalue weighted by Crippen LogP contribution is 2.36. The van der Waals surface area contributed by atoms with Gasteiger partial charge in [0.1, 0.15) is 11.9 Å². The number of nitrogens with zero attached hydrogens (tertiary/aromatic N) is 2. The van der Waals surface area contributed by atoms with Gasteiger partial charge in [-0.3, -0.25) is 0 Å². The van der Waals surface area contributed by atoms with Crippen LogP contribution in [0, 0.1) is 0 Å². The summed E-state index contributed by atoms with van der Waals surface area (Å²) in [6.45, 7) is 0.272. The Balaban J connectivity index is 0.000000526. The molecule has 1 aliphatic rings. The maximum Gasteiger partial charge on any atom is 0.373 e. The zero-order valence-corrected chi connectivity index (χ0v) is 12.3. The molecule has 0 saturated heterocycles. The lowest BCUT2D eigenvalue weighted by Crippen LogP contribution is -1.92. The Morgan fingerprint density at radius 2 is 1.83 bits per heavy atom. The van der Waals surface area contributed by atoms with Crippen LogP contribution in [0.4, 0.5) is 0 Å². The third-order valence-corrected chi connectivity index (χ3v) is 3.16. The summed E-state index contributed by atoms with van der Waals surface area (Å²) in [7, 11) is 0. The smallest absolute Gasteiger partial charge is 0.373 e. The molecule has 0 radical (unpaired) electrons. The van der Waals surface area contributed by atoms with Crippen LogP contribution in [0.5, 0.6) is 23.1 Å². The van der Waals surface area contributed by atoms with Crippen molar-refractivity contribution in [2.45, 2.75) is 0 Å². The highest BCUT2D eigenvalue weighted by molar-refractivity contribution is 5.68. The molecule has 1 aromatic heterocycles. The van der Waals surface area contributed by atoms with Crippen LogP contribution in [0.25, 0.3) is 11.1 Å². The number of rotatable bonds is 3. The molecule has 0 bridgehead atoms. The van der Waals surface area contributed by atoms with E-state index in [0.29, 0.717) is 11.6 Å². The highest BCUT2D eigenvalue weighted by Gasteiger charge is 2.14. The molecule has 2 aromatic carbocycles. The van der Waals surface area contributed by atoms with Gasteiger partial charge >= 0.3 is 6.15 Å². The minimum Gasteiger partial charge on any atom is -0.454 e. The third kappa shape index (κ3) is 3.40. The molecule has 8 nitrogen and oxygen atoms in total. The van der Waals surface area contributed by atoms with Crippen LogP contribution in [0.15, 0.2) is 48.7 Å². The molecule has 1 aliphatic heterocycles. The van der Waals surface area contributed by atoms with E-state index in [1.807, 2.05) is 42.5 Å². The molecule has 0 saturated carbocycles. The van der Waals surface area contributed by atoms with Crippen LogP contribution in [-0.4, -0.2) is 28.4 Å². The Morgan fingerprint density at radius 3 is 2.62 bits per heavy atom. The van der Waals surface area contributed by atoms with Crippen molar-refractivity contribution < 1.29 is 23.8 Å². The lowest BCUT2D eigenvalue weighted by molar-refractivity contribution is -0.191. The van der Waals surface area contributed by atoms with Gasteiger partial charge in [0.15, 0.2) is 11.5 Å². The molecular formula is C16H11N3O5. The minimum atomic E-state index is 0.250. The van der Waals surface area contributed by atoms with E-state index in [9.17, 15) is 0 Å². The number of fused-ring (bicyclic) bond motifs is 1. The summed E-state index contributed by atoms with van der Waals surface area (Å²) in [4.78, 5) is 16.2. The van der Waals surface area contributed by atoms with Gasteiger partial charge in [0.25, 0.3) is 5.88 Å². The lowest BCUT2D eigenvalue weighted by atomic mass is 10.0. The van der Waals surface area contributed by atoms with Crippen LogP contribution in [-0.2, 0) is 9.59 Å². The van der Waals surface area contributed by atoms with E-state index in [1.165, 1.54) is 6.20 Å². The molecule has 8 heteroatoms. The first-order valence-corrected chi connectivity index (χ1v) is 6.83. The van der Waals surface area contributed by atoms with E-state index < -0.39 is 0 Å². The van der Waals surface area contributed by atoms with E-state index in [1.54, 1.807) is 0 Å². The molecule has 120 valence electrons. The number of ether oxygens (including phenoxy) is 3. The Bertz CT molecular complexity index is 858. The second-order valence-corrected chi connectivity index (χ2v) is 4.59. The van der Waals surface area contributed by atoms with Gasteiger partial charge in [0.2, 0.25) is 6.79 Å². The Morgan fingerprint density at radius 1 is 1.04 bits per heavy atom. The molecule has 24 heavy (non-hydrogen) atoms. The third-order valence-electron chi connectivity index (χ3n) is 3.16. The quantitative estimate of drug-likeness (QED) is 0.788. The van der Waals surface area contributed by atoms with Crippen LogP contribution in [0.3, 0.4) is 0 Å². The normalized spacial score (nSPS) is 11.2. The van der Waals surface area contributed by atoms with E-state index in [2.05, 4.69) is 15.4 Å². The maximum atomic E-state index is 8.12. The van der Waals surface area contributed by atoms with Gasteiger partial charge in [0.05, 0.1) is 0 Å². The van der Waals surface area contributed by atoms with Crippen molar-refractivity contribution in [1.82, 2.24) is 15.4 Å². The topological polar surface area (TPSA) is 103 Å². The lowest BCUT2D eigenvalue weighted by Gasteiger charge is -2.06. The Hall–Kier alpha value is -3.64. The molecule has 0 unspecified atom stereocenters. The molecule has 3 aromatic rings. The minimum absolute atomic E-state index is 0.250. The SMILES string of the molecule is O=C=O.c1cc(Oc2cn[nH]n2)cc(-c2ccc3c(c2)OCO3)c1. The molecule has 0 spiro atoms. The van der Waals surface area contributed by atoms with Crippen molar-refractivity contribution in [3.8, 4) is 34.3 Å². The fourth-order valence-corrected chi connectivity index (χ4v) is 2.18. The first-order chi connectivity index (χ1) is 11.8. The predicted molar refractivity (Wildman–Crippen MR) is 79.5 cm³/mol. The molecule has 0 fully saturated rings. The number of hydrogen-bond donors (Lipinski definition) is 1. The molecule has 1 N–H and O–H groups in total. The standard InChI is InChI=1S/C15H11N3O3.CO2/c1-2-10(6-12(3-1)21-15-8-16-18-17-15)11-4-5-13-14(7-11)20-9-19-13;2-1-3/h1-8H,9H2,(H,16,17,18);. The van der Waals surface area contributed by atoms with Gasteiger partial charge in [-0.15, -0.1) is 5.10 Å². The van der Waals surface area contributed by atoms with Gasteiger partial charge in [0, 0.05) is 0 Å². The monoisotopic (exact) mass is 325 g/mol. The largest absolute Gasteiger partial charge is 0.454 e. The Kier molecular flexibility index (Phi) is 4.50. The number of aromatic amines is 1. The molecule has 2 heterocycles. The Labute approximate surface area is 136 Å². The number of carbonyl (C=O) groups excluding carboxylic acids is 2. The first kappa shape index (κ1) is 15.3. The van der Waals surface area contributed by atoms with Gasteiger partial charge in [-0.05, 0) is 35.4 Å². The average molecular weight is 325 g/mol. The summed E-state index contributed by atoms with van der Waals surface area (Å²) < 4.78 is 16.3. The first-order valence-electron chi connectivity index (χ1n) is 6.83. The summed E-state index contributed by atoms with van der Waals surface area (Å²) in [5.74, 6) is 2.65. The summed E-state index contributed by atoms with van der Waals surface area (Å²) in [6, 6.07) is 13.6. The second kappa shape index (κ2) is 7.08. The molecule has 0 amide bonds. The van der Waals surface area contributed by atoms with E-state index in [-0.39, 0.29) is 12.9 Å². The number of H-pyrrole nitrogens is 1. The van der Waals surface area contributed by atoms with Crippen LogP contribution in [0.2, 0.25) is 0 Å². The second-order valence-electron chi connectivity index (χ2n) is 4.59. The molecule has 4 rings (SSSR count). The van der Waals surface area contributed by atoms with Gasteiger partial charge in [-0.1, -0.05) is 18.2 Å². The van der Waals surface area contributed by atoms with Crippen molar-refractivity contribution in [3.05, 3.63) is 48.7 Å². The van der Waals surface area contributed by atoms with E-state index in [0.717, 1.165) is 22.6 Å². The van der Waals surface area contributed by atoms with Gasteiger partial charge in [-0.25, -0.2) is 0 Å². The number of hydrogen-bond acceptors (Lipinski definition) is 7. The predicted octanol–water partition coefficient (Wildman–Crippen LogP) is 2.41. The molecule has 0 aliphatic carbocycles. The van der Waals surface area contributed by atoms with Crippen molar-refractivity contribution >= 4 is 6.15 Å². The molecule has 0 atom stereocenters. The fraction of sp³-hybridized carbons (Fsp3) is 0.0625. The van der Waals surface area contributed by atoms with Gasteiger partial charge in [-0.2, -0.15) is 19.9 Å². The summed E-state index contributed by atoms with van der Waals surface area (Å²) in [5.41, 5.74) is 2.05. The maximum absolute atomic E-state index is 8.12.